The van der Waals surface area contributed by atoms with Crippen LogP contribution in [0.25, 0.3) is 0 Å². The first-order chi connectivity index (χ1) is 4.40. The van der Waals surface area contributed by atoms with Gasteiger partial charge in [0.2, 0.25) is 0 Å². The molecule has 52 valence electrons. The fourth-order valence-corrected chi connectivity index (χ4v) is 3.36. The Morgan fingerprint density at radius 3 is 2.44 bits per heavy atom. The van der Waals surface area contributed by atoms with Crippen LogP contribution in [0.3, 0.4) is 0 Å². The van der Waals surface area contributed by atoms with Crippen molar-refractivity contribution in [3.8, 4) is 0 Å². The lowest BCUT2D eigenvalue weighted by atomic mass is 9.91. The molecule has 3 atom stereocenters. The van der Waals surface area contributed by atoms with Gasteiger partial charge in [-0.25, -0.2) is 0 Å². The third-order valence-electron chi connectivity index (χ3n) is 3.08. The molecule has 2 aliphatic carbocycles. The first kappa shape index (κ1) is 6.21. The molecule has 0 aliphatic heterocycles. The molecule has 0 saturated heterocycles. The maximum absolute atomic E-state index is 3.58. The van der Waals surface area contributed by atoms with E-state index in [4.69, 9.17) is 0 Å². The second kappa shape index (κ2) is 2.26. The molecular formula is C8H13Br. The van der Waals surface area contributed by atoms with Gasteiger partial charge in [0.15, 0.2) is 0 Å². The molecule has 0 spiro atoms. The average molecular weight is 189 g/mol. The predicted octanol–water partition coefficient (Wildman–Crippen LogP) is 2.82. The van der Waals surface area contributed by atoms with Gasteiger partial charge in [-0.3, -0.25) is 0 Å². The van der Waals surface area contributed by atoms with Crippen LogP contribution in [0.2, 0.25) is 0 Å². The van der Waals surface area contributed by atoms with Crippen LogP contribution in [-0.4, -0.2) is 5.33 Å². The topological polar surface area (TPSA) is 0 Å². The number of hydrogen-bond acceptors (Lipinski definition) is 0. The molecule has 0 heterocycles. The zero-order valence-electron chi connectivity index (χ0n) is 5.65. The molecule has 0 radical (unpaired) electrons. The average Bonchev–Trinajstić information content (AvgIpc) is 2.45. The summed E-state index contributed by atoms with van der Waals surface area (Å²) in [5.41, 5.74) is 0. The van der Waals surface area contributed by atoms with E-state index in [0.717, 1.165) is 17.8 Å². The van der Waals surface area contributed by atoms with Crippen molar-refractivity contribution in [1.82, 2.24) is 0 Å². The Balaban J connectivity index is 2.01. The van der Waals surface area contributed by atoms with Gasteiger partial charge in [-0.1, -0.05) is 22.4 Å². The summed E-state index contributed by atoms with van der Waals surface area (Å²) in [4.78, 5) is 0. The monoisotopic (exact) mass is 188 g/mol. The summed E-state index contributed by atoms with van der Waals surface area (Å²) in [6.45, 7) is 0. The van der Waals surface area contributed by atoms with Crippen molar-refractivity contribution >= 4 is 15.9 Å². The molecule has 0 unspecified atom stereocenters. The predicted molar refractivity (Wildman–Crippen MR) is 42.7 cm³/mol. The van der Waals surface area contributed by atoms with E-state index in [-0.39, 0.29) is 0 Å². The van der Waals surface area contributed by atoms with Crippen LogP contribution >= 0.6 is 15.9 Å². The van der Waals surface area contributed by atoms with Gasteiger partial charge in [0, 0.05) is 5.33 Å². The Bertz CT molecular complexity index is 111. The number of rotatable bonds is 1. The van der Waals surface area contributed by atoms with Gasteiger partial charge >= 0.3 is 0 Å². The molecule has 0 aromatic heterocycles. The first-order valence-corrected chi connectivity index (χ1v) is 5.08. The maximum atomic E-state index is 3.58. The zero-order chi connectivity index (χ0) is 6.27. The van der Waals surface area contributed by atoms with E-state index in [1.165, 1.54) is 24.6 Å². The van der Waals surface area contributed by atoms with E-state index < -0.39 is 0 Å². The quantitative estimate of drug-likeness (QED) is 0.556. The largest absolute Gasteiger partial charge is 0.0925 e. The smallest absolute Gasteiger partial charge is 0.00624 e. The van der Waals surface area contributed by atoms with Gasteiger partial charge in [0.25, 0.3) is 0 Å². The Morgan fingerprint density at radius 1 is 1.22 bits per heavy atom. The summed E-state index contributed by atoms with van der Waals surface area (Å²) in [5.74, 6) is 3.27. The Morgan fingerprint density at radius 2 is 2.11 bits per heavy atom. The molecular weight excluding hydrogens is 176 g/mol. The molecule has 0 N–H and O–H groups in total. The summed E-state index contributed by atoms with van der Waals surface area (Å²) in [6.07, 6.45) is 6.14. The fraction of sp³-hybridized carbons (Fsp3) is 1.00. The molecule has 0 aromatic carbocycles. The molecule has 2 bridgehead atoms. The van der Waals surface area contributed by atoms with Crippen LogP contribution in [-0.2, 0) is 0 Å². The number of hydrogen-bond donors (Lipinski definition) is 0. The molecule has 2 fully saturated rings. The summed E-state index contributed by atoms with van der Waals surface area (Å²) >= 11 is 3.58. The van der Waals surface area contributed by atoms with Gasteiger partial charge in [0.1, 0.15) is 0 Å². The van der Waals surface area contributed by atoms with Crippen LogP contribution in [0.15, 0.2) is 0 Å². The lowest BCUT2D eigenvalue weighted by Crippen LogP contribution is -2.10. The molecule has 0 nitrogen and oxygen atoms in total. The van der Waals surface area contributed by atoms with Crippen molar-refractivity contribution in [1.29, 1.82) is 0 Å². The molecule has 9 heavy (non-hydrogen) atoms. The van der Waals surface area contributed by atoms with Crippen LogP contribution in [0, 0.1) is 17.8 Å². The minimum Gasteiger partial charge on any atom is -0.0925 e. The molecule has 0 aromatic rings. The van der Waals surface area contributed by atoms with Crippen molar-refractivity contribution < 1.29 is 0 Å². The fourth-order valence-electron chi connectivity index (χ4n) is 2.57. The summed E-state index contributed by atoms with van der Waals surface area (Å²) in [6, 6.07) is 0. The molecule has 2 aliphatic rings. The van der Waals surface area contributed by atoms with Gasteiger partial charge in [-0.05, 0) is 37.0 Å². The van der Waals surface area contributed by atoms with Gasteiger partial charge < -0.3 is 0 Å². The van der Waals surface area contributed by atoms with Gasteiger partial charge in [0.05, 0.1) is 0 Å². The van der Waals surface area contributed by atoms with Crippen LogP contribution in [0.1, 0.15) is 25.7 Å². The first-order valence-electron chi connectivity index (χ1n) is 3.96. The summed E-state index contributed by atoms with van der Waals surface area (Å²) in [7, 11) is 0. The minimum atomic E-state index is 1.05. The van der Waals surface area contributed by atoms with Crippen molar-refractivity contribution in [2.75, 3.05) is 5.33 Å². The molecule has 2 saturated carbocycles. The van der Waals surface area contributed by atoms with E-state index in [1.54, 1.807) is 6.42 Å². The summed E-state index contributed by atoms with van der Waals surface area (Å²) < 4.78 is 0. The standard InChI is InChI=1S/C8H13Br/c9-5-8-4-6-1-2-7(8)3-6/h6-8H,1-5H2/t6-,7+,8-/m1/s1. The highest BCUT2D eigenvalue weighted by Crippen LogP contribution is 2.48. The summed E-state index contributed by atoms with van der Waals surface area (Å²) in [5, 5.41) is 1.26. The molecule has 2 rings (SSSR count). The lowest BCUT2D eigenvalue weighted by molar-refractivity contribution is 0.367. The highest BCUT2D eigenvalue weighted by molar-refractivity contribution is 9.09. The SMILES string of the molecule is BrC[C@H]1C[C@@H]2CC[C@H]1C2. The number of fused-ring (bicyclic) bond motifs is 2. The van der Waals surface area contributed by atoms with Crippen LogP contribution < -0.4 is 0 Å². The second-order valence-electron chi connectivity index (χ2n) is 3.59. The number of halogens is 1. The van der Waals surface area contributed by atoms with E-state index in [2.05, 4.69) is 15.9 Å². The minimum absolute atomic E-state index is 1.05. The van der Waals surface area contributed by atoms with Gasteiger partial charge in [-0.2, -0.15) is 0 Å². The third kappa shape index (κ3) is 0.938. The van der Waals surface area contributed by atoms with Crippen molar-refractivity contribution in [2.24, 2.45) is 17.8 Å². The van der Waals surface area contributed by atoms with E-state index >= 15 is 0 Å². The lowest BCUT2D eigenvalue weighted by Gasteiger charge is -2.18. The van der Waals surface area contributed by atoms with Gasteiger partial charge in [-0.15, -0.1) is 0 Å². The Labute approximate surface area is 65.1 Å². The molecule has 0 amide bonds. The zero-order valence-corrected chi connectivity index (χ0v) is 7.23. The van der Waals surface area contributed by atoms with E-state index in [0.29, 0.717) is 0 Å². The van der Waals surface area contributed by atoms with Crippen molar-refractivity contribution in [3.63, 3.8) is 0 Å². The van der Waals surface area contributed by atoms with Crippen LogP contribution in [0.4, 0.5) is 0 Å². The van der Waals surface area contributed by atoms with Crippen molar-refractivity contribution in [3.05, 3.63) is 0 Å². The Kier molecular flexibility index (Phi) is 1.56. The van der Waals surface area contributed by atoms with E-state index in [1.807, 2.05) is 0 Å². The third-order valence-corrected chi connectivity index (χ3v) is 3.91. The van der Waals surface area contributed by atoms with Crippen LogP contribution in [0.5, 0.6) is 0 Å². The second-order valence-corrected chi connectivity index (χ2v) is 4.24. The highest BCUT2D eigenvalue weighted by atomic mass is 79.9. The molecule has 1 heteroatoms. The normalized spacial score (nSPS) is 48.3. The number of alkyl halides is 1. The highest BCUT2D eigenvalue weighted by Gasteiger charge is 2.38. The maximum Gasteiger partial charge on any atom is 0.00624 e. The van der Waals surface area contributed by atoms with E-state index in [9.17, 15) is 0 Å². The van der Waals surface area contributed by atoms with Crippen molar-refractivity contribution in [2.45, 2.75) is 25.7 Å². The Hall–Kier alpha value is 0.480.